The van der Waals surface area contributed by atoms with E-state index < -0.39 is 0 Å². The molecule has 1 unspecified atom stereocenters. The van der Waals surface area contributed by atoms with Crippen molar-refractivity contribution in [3.8, 4) is 0 Å². The molecule has 1 nitrogen and oxygen atoms in total. The third-order valence-corrected chi connectivity index (χ3v) is 3.64. The van der Waals surface area contributed by atoms with Crippen molar-refractivity contribution in [2.75, 3.05) is 6.61 Å². The largest absolute Gasteiger partial charge is 0.374 e. The summed E-state index contributed by atoms with van der Waals surface area (Å²) >= 11 is 0. The van der Waals surface area contributed by atoms with Crippen LogP contribution in [0, 0.1) is 0 Å². The SMILES string of the molecule is C=CC(CCCCCCCCCCCC)OCCC. The Kier molecular flexibility index (Phi) is 15.5. The van der Waals surface area contributed by atoms with E-state index in [9.17, 15) is 0 Å². The van der Waals surface area contributed by atoms with Gasteiger partial charge >= 0.3 is 0 Å². The van der Waals surface area contributed by atoms with Gasteiger partial charge in [0.05, 0.1) is 6.10 Å². The summed E-state index contributed by atoms with van der Waals surface area (Å²) in [6.45, 7) is 9.15. The number of rotatable bonds is 15. The summed E-state index contributed by atoms with van der Waals surface area (Å²) in [6.07, 6.45) is 18.5. The minimum absolute atomic E-state index is 0.286. The van der Waals surface area contributed by atoms with Crippen molar-refractivity contribution >= 4 is 0 Å². The van der Waals surface area contributed by atoms with Crippen LogP contribution in [0.3, 0.4) is 0 Å². The minimum Gasteiger partial charge on any atom is -0.374 e. The smallest absolute Gasteiger partial charge is 0.0753 e. The van der Waals surface area contributed by atoms with Crippen LogP contribution in [0.15, 0.2) is 12.7 Å². The lowest BCUT2D eigenvalue weighted by atomic mass is 10.0. The summed E-state index contributed by atoms with van der Waals surface area (Å²) < 4.78 is 5.70. The standard InChI is InChI=1S/C18H36O/c1-4-7-8-9-10-11-12-13-14-15-16-18(6-3)19-17-5-2/h6,18H,3-5,7-17H2,1-2H3. The van der Waals surface area contributed by atoms with Crippen molar-refractivity contribution in [2.45, 2.75) is 97.0 Å². The Morgan fingerprint density at radius 2 is 1.32 bits per heavy atom. The van der Waals surface area contributed by atoms with Gasteiger partial charge in [0, 0.05) is 6.61 Å². The van der Waals surface area contributed by atoms with Crippen molar-refractivity contribution in [1.29, 1.82) is 0 Å². The zero-order valence-electron chi connectivity index (χ0n) is 13.5. The second-order valence-electron chi connectivity index (χ2n) is 5.62. The van der Waals surface area contributed by atoms with E-state index in [1.807, 2.05) is 6.08 Å². The molecule has 0 aliphatic carbocycles. The normalized spacial score (nSPS) is 12.5. The highest BCUT2D eigenvalue weighted by molar-refractivity contribution is 4.79. The molecule has 19 heavy (non-hydrogen) atoms. The Bertz CT molecular complexity index is 177. The van der Waals surface area contributed by atoms with Gasteiger partial charge < -0.3 is 4.74 Å². The molecule has 0 fully saturated rings. The number of ether oxygens (including phenoxy) is 1. The molecule has 0 heterocycles. The Labute approximate surface area is 121 Å². The average molecular weight is 268 g/mol. The van der Waals surface area contributed by atoms with E-state index in [1.165, 1.54) is 64.2 Å². The molecule has 0 radical (unpaired) electrons. The lowest BCUT2D eigenvalue weighted by Gasteiger charge is -2.12. The van der Waals surface area contributed by atoms with Gasteiger partial charge in [-0.25, -0.2) is 0 Å². The van der Waals surface area contributed by atoms with Gasteiger partial charge in [-0.15, -0.1) is 6.58 Å². The Morgan fingerprint density at radius 1 is 0.789 bits per heavy atom. The Morgan fingerprint density at radius 3 is 1.79 bits per heavy atom. The van der Waals surface area contributed by atoms with E-state index in [2.05, 4.69) is 20.4 Å². The van der Waals surface area contributed by atoms with Gasteiger partial charge in [0.2, 0.25) is 0 Å². The van der Waals surface area contributed by atoms with Crippen molar-refractivity contribution in [1.82, 2.24) is 0 Å². The van der Waals surface area contributed by atoms with Crippen LogP contribution < -0.4 is 0 Å². The van der Waals surface area contributed by atoms with E-state index in [0.29, 0.717) is 0 Å². The van der Waals surface area contributed by atoms with Crippen LogP contribution in [0.4, 0.5) is 0 Å². The number of unbranched alkanes of at least 4 members (excludes halogenated alkanes) is 9. The van der Waals surface area contributed by atoms with Crippen molar-refractivity contribution in [2.24, 2.45) is 0 Å². The molecule has 0 aromatic carbocycles. The van der Waals surface area contributed by atoms with Crippen molar-refractivity contribution in [3.63, 3.8) is 0 Å². The quantitative estimate of drug-likeness (QED) is 0.251. The van der Waals surface area contributed by atoms with E-state index >= 15 is 0 Å². The molecule has 1 heteroatoms. The fourth-order valence-corrected chi connectivity index (χ4v) is 2.37. The summed E-state index contributed by atoms with van der Waals surface area (Å²) in [5.74, 6) is 0. The second kappa shape index (κ2) is 15.8. The van der Waals surface area contributed by atoms with Gasteiger partial charge in [-0.2, -0.15) is 0 Å². The maximum Gasteiger partial charge on any atom is 0.0753 e. The van der Waals surface area contributed by atoms with Crippen molar-refractivity contribution in [3.05, 3.63) is 12.7 Å². The fraction of sp³-hybridized carbons (Fsp3) is 0.889. The lowest BCUT2D eigenvalue weighted by molar-refractivity contribution is 0.0783. The summed E-state index contributed by atoms with van der Waals surface area (Å²) in [7, 11) is 0. The molecule has 0 bridgehead atoms. The predicted molar refractivity (Wildman–Crippen MR) is 86.7 cm³/mol. The summed E-state index contributed by atoms with van der Waals surface area (Å²) in [5.41, 5.74) is 0. The number of hydrogen-bond donors (Lipinski definition) is 0. The lowest BCUT2D eigenvalue weighted by Crippen LogP contribution is -2.09. The molecule has 0 aromatic rings. The highest BCUT2D eigenvalue weighted by atomic mass is 16.5. The maximum atomic E-state index is 5.70. The van der Waals surface area contributed by atoms with E-state index in [0.717, 1.165) is 19.4 Å². The van der Waals surface area contributed by atoms with Crippen LogP contribution in [0.25, 0.3) is 0 Å². The third-order valence-electron chi connectivity index (χ3n) is 3.64. The van der Waals surface area contributed by atoms with Gasteiger partial charge in [0.15, 0.2) is 0 Å². The predicted octanol–water partition coefficient (Wildman–Crippen LogP) is 6.28. The van der Waals surface area contributed by atoms with Gasteiger partial charge in [0.1, 0.15) is 0 Å². The van der Waals surface area contributed by atoms with Crippen molar-refractivity contribution < 1.29 is 4.74 Å². The molecule has 0 amide bonds. The minimum atomic E-state index is 0.286. The summed E-state index contributed by atoms with van der Waals surface area (Å²) in [4.78, 5) is 0. The summed E-state index contributed by atoms with van der Waals surface area (Å²) in [6, 6.07) is 0. The maximum absolute atomic E-state index is 5.70. The van der Waals surface area contributed by atoms with Gasteiger partial charge in [0.25, 0.3) is 0 Å². The van der Waals surface area contributed by atoms with Gasteiger partial charge in [-0.1, -0.05) is 84.1 Å². The third kappa shape index (κ3) is 13.9. The van der Waals surface area contributed by atoms with Crippen LogP contribution in [-0.2, 0) is 4.74 Å². The average Bonchev–Trinajstić information content (AvgIpc) is 2.44. The zero-order valence-corrected chi connectivity index (χ0v) is 13.5. The first kappa shape index (κ1) is 18.7. The van der Waals surface area contributed by atoms with E-state index in [-0.39, 0.29) is 6.10 Å². The molecule has 1 atom stereocenters. The first-order valence-electron chi connectivity index (χ1n) is 8.59. The molecular weight excluding hydrogens is 232 g/mol. The number of hydrogen-bond acceptors (Lipinski definition) is 1. The molecule has 0 saturated heterocycles. The molecule has 0 aliphatic rings. The van der Waals surface area contributed by atoms with Crippen LogP contribution >= 0.6 is 0 Å². The zero-order chi connectivity index (χ0) is 14.2. The van der Waals surface area contributed by atoms with E-state index in [1.54, 1.807) is 0 Å². The van der Waals surface area contributed by atoms with Crippen LogP contribution in [0.1, 0.15) is 90.9 Å². The monoisotopic (exact) mass is 268 g/mol. The first-order valence-corrected chi connectivity index (χ1v) is 8.59. The molecule has 0 spiro atoms. The first-order chi connectivity index (χ1) is 9.35. The molecule has 0 saturated carbocycles. The highest BCUT2D eigenvalue weighted by Gasteiger charge is 2.02. The fourth-order valence-electron chi connectivity index (χ4n) is 2.37. The van der Waals surface area contributed by atoms with Gasteiger partial charge in [-0.05, 0) is 12.8 Å². The Hall–Kier alpha value is -0.300. The molecule has 0 rings (SSSR count). The molecule has 0 N–H and O–H groups in total. The summed E-state index contributed by atoms with van der Waals surface area (Å²) in [5, 5.41) is 0. The topological polar surface area (TPSA) is 9.23 Å². The van der Waals surface area contributed by atoms with Crippen LogP contribution in [-0.4, -0.2) is 12.7 Å². The van der Waals surface area contributed by atoms with Crippen LogP contribution in [0.2, 0.25) is 0 Å². The van der Waals surface area contributed by atoms with Gasteiger partial charge in [-0.3, -0.25) is 0 Å². The molecule has 0 aromatic heterocycles. The Balaban J connectivity index is 3.18. The van der Waals surface area contributed by atoms with E-state index in [4.69, 9.17) is 4.74 Å². The molecule has 114 valence electrons. The highest BCUT2D eigenvalue weighted by Crippen LogP contribution is 2.13. The molecular formula is C18H36O. The molecule has 0 aliphatic heterocycles. The second-order valence-corrected chi connectivity index (χ2v) is 5.62. The van der Waals surface area contributed by atoms with Crippen LogP contribution in [0.5, 0.6) is 0 Å².